The van der Waals surface area contributed by atoms with Crippen molar-refractivity contribution < 1.29 is 9.47 Å². The molecule has 0 aliphatic carbocycles. The summed E-state index contributed by atoms with van der Waals surface area (Å²) < 4.78 is 10.7. The molecule has 4 rings (SSSR count). The molecule has 1 aliphatic heterocycles. The Morgan fingerprint density at radius 1 is 1.22 bits per heavy atom. The second-order valence-electron chi connectivity index (χ2n) is 5.52. The van der Waals surface area contributed by atoms with Gasteiger partial charge in [0.05, 0.1) is 21.4 Å². The molecule has 1 N–H and O–H groups in total. The average Bonchev–Trinajstić information content (AvgIpc) is 3.34. The van der Waals surface area contributed by atoms with E-state index in [0.717, 1.165) is 17.0 Å². The summed E-state index contributed by atoms with van der Waals surface area (Å²) in [7, 11) is 0. The maximum absolute atomic E-state index is 9.50. The smallest absolute Gasteiger partial charge is 0.231 e. The minimum Gasteiger partial charge on any atom is -0.454 e. The number of rotatable bonds is 4. The number of allylic oxidation sites excluding steroid dienone is 1. The van der Waals surface area contributed by atoms with Crippen molar-refractivity contribution in [2.24, 2.45) is 0 Å². The van der Waals surface area contributed by atoms with Crippen LogP contribution in [0, 0.1) is 11.3 Å². The molecule has 0 fully saturated rings. The monoisotopic (exact) mass is 415 g/mol. The fourth-order valence-electron chi connectivity index (χ4n) is 2.49. The molecule has 0 saturated heterocycles. The van der Waals surface area contributed by atoms with E-state index in [1.807, 2.05) is 23.6 Å². The number of thiazole rings is 1. The maximum Gasteiger partial charge on any atom is 0.231 e. The molecule has 2 heterocycles. The zero-order chi connectivity index (χ0) is 18.8. The van der Waals surface area contributed by atoms with Gasteiger partial charge in [-0.1, -0.05) is 29.3 Å². The number of benzene rings is 2. The molecule has 8 heteroatoms. The number of fused-ring (bicyclic) bond motifs is 1. The van der Waals surface area contributed by atoms with Gasteiger partial charge in [0, 0.05) is 17.1 Å². The van der Waals surface area contributed by atoms with Crippen molar-refractivity contribution in [2.75, 3.05) is 12.1 Å². The quantitative estimate of drug-likeness (QED) is 0.543. The third-order valence-electron chi connectivity index (χ3n) is 3.85. The van der Waals surface area contributed by atoms with Crippen LogP contribution in [0.25, 0.3) is 16.8 Å². The number of nitrogens with zero attached hydrogens (tertiary/aromatic N) is 2. The highest BCUT2D eigenvalue weighted by Crippen LogP contribution is 2.36. The first-order valence-electron chi connectivity index (χ1n) is 7.82. The van der Waals surface area contributed by atoms with Crippen LogP contribution < -0.4 is 14.8 Å². The summed E-state index contributed by atoms with van der Waals surface area (Å²) in [5.74, 6) is 1.41. The van der Waals surface area contributed by atoms with E-state index in [4.69, 9.17) is 32.7 Å². The molecule has 0 atom stereocenters. The summed E-state index contributed by atoms with van der Waals surface area (Å²) >= 11 is 13.5. The fraction of sp³-hybridized carbons (Fsp3) is 0.0526. The zero-order valence-electron chi connectivity index (χ0n) is 13.7. The second-order valence-corrected chi connectivity index (χ2v) is 7.16. The van der Waals surface area contributed by atoms with E-state index >= 15 is 0 Å². The Morgan fingerprint density at radius 3 is 2.93 bits per heavy atom. The fourth-order valence-corrected chi connectivity index (χ4v) is 3.64. The molecule has 1 aromatic heterocycles. The number of anilines is 1. The topological polar surface area (TPSA) is 67.2 Å². The molecule has 27 heavy (non-hydrogen) atoms. The standard InChI is InChI=1S/C19H11Cl2N3O2S/c20-13-2-1-3-14(18(13)21)23-8-12(7-22)19-24-15(9-27-19)11-4-5-16-17(6-11)26-10-25-16/h1-6,8-9,23H,10H2. The number of nitriles is 1. The molecule has 0 spiro atoms. The Kier molecular flexibility index (Phi) is 4.90. The second kappa shape index (κ2) is 7.49. The van der Waals surface area contributed by atoms with E-state index in [-0.39, 0.29) is 6.79 Å². The number of aromatic nitrogens is 1. The van der Waals surface area contributed by atoms with E-state index in [1.54, 1.807) is 24.4 Å². The molecule has 5 nitrogen and oxygen atoms in total. The lowest BCUT2D eigenvalue weighted by Crippen LogP contribution is -1.93. The largest absolute Gasteiger partial charge is 0.454 e. The van der Waals surface area contributed by atoms with Crippen LogP contribution in [0.2, 0.25) is 10.0 Å². The Hall–Kier alpha value is -2.72. The van der Waals surface area contributed by atoms with Crippen molar-refractivity contribution in [3.8, 4) is 28.8 Å². The minimum absolute atomic E-state index is 0.222. The van der Waals surface area contributed by atoms with E-state index in [1.165, 1.54) is 11.3 Å². The van der Waals surface area contributed by atoms with Crippen LogP contribution in [-0.4, -0.2) is 11.8 Å². The van der Waals surface area contributed by atoms with E-state index in [0.29, 0.717) is 32.1 Å². The van der Waals surface area contributed by atoms with Gasteiger partial charge in [-0.05, 0) is 30.3 Å². The molecule has 0 unspecified atom stereocenters. The first kappa shape index (κ1) is 17.7. The van der Waals surface area contributed by atoms with Gasteiger partial charge in [-0.25, -0.2) is 4.98 Å². The first-order chi connectivity index (χ1) is 13.2. The normalized spacial score (nSPS) is 12.7. The summed E-state index contributed by atoms with van der Waals surface area (Å²) in [5.41, 5.74) is 2.66. The van der Waals surface area contributed by atoms with Gasteiger partial charge in [-0.3, -0.25) is 0 Å². The average molecular weight is 416 g/mol. The predicted molar refractivity (Wildman–Crippen MR) is 107 cm³/mol. The predicted octanol–water partition coefficient (Wildman–Crippen LogP) is 5.82. The van der Waals surface area contributed by atoms with Gasteiger partial charge in [0.2, 0.25) is 6.79 Å². The molecule has 0 saturated carbocycles. The highest BCUT2D eigenvalue weighted by molar-refractivity contribution is 7.11. The van der Waals surface area contributed by atoms with E-state index in [9.17, 15) is 5.26 Å². The molecule has 2 aromatic carbocycles. The van der Waals surface area contributed by atoms with Crippen molar-refractivity contribution in [3.63, 3.8) is 0 Å². The van der Waals surface area contributed by atoms with Crippen LogP contribution in [0.15, 0.2) is 48.0 Å². The minimum atomic E-state index is 0.222. The van der Waals surface area contributed by atoms with Crippen LogP contribution in [0.1, 0.15) is 5.01 Å². The third kappa shape index (κ3) is 3.58. The van der Waals surface area contributed by atoms with E-state index in [2.05, 4.69) is 16.4 Å². The highest BCUT2D eigenvalue weighted by Gasteiger charge is 2.16. The molecule has 0 bridgehead atoms. The van der Waals surface area contributed by atoms with Gasteiger partial charge >= 0.3 is 0 Å². The highest BCUT2D eigenvalue weighted by atomic mass is 35.5. The van der Waals surface area contributed by atoms with Gasteiger partial charge < -0.3 is 14.8 Å². The lowest BCUT2D eigenvalue weighted by Gasteiger charge is -2.05. The summed E-state index contributed by atoms with van der Waals surface area (Å²) in [6.07, 6.45) is 1.57. The van der Waals surface area contributed by atoms with Crippen LogP contribution in [0.4, 0.5) is 5.69 Å². The van der Waals surface area contributed by atoms with Crippen molar-refractivity contribution in [3.05, 3.63) is 63.0 Å². The van der Waals surface area contributed by atoms with E-state index < -0.39 is 0 Å². The summed E-state index contributed by atoms with van der Waals surface area (Å²) in [6, 6.07) is 13.0. The van der Waals surface area contributed by atoms with Crippen LogP contribution in [0.5, 0.6) is 11.5 Å². The Balaban J connectivity index is 1.59. The van der Waals surface area contributed by atoms with Gasteiger partial charge in [-0.15, -0.1) is 11.3 Å². The lowest BCUT2D eigenvalue weighted by molar-refractivity contribution is 0.174. The zero-order valence-corrected chi connectivity index (χ0v) is 16.0. The molecule has 1 aliphatic rings. The van der Waals surface area contributed by atoms with Crippen molar-refractivity contribution in [1.82, 2.24) is 4.98 Å². The summed E-state index contributed by atoms with van der Waals surface area (Å²) in [4.78, 5) is 4.56. The van der Waals surface area contributed by atoms with Crippen LogP contribution in [0.3, 0.4) is 0 Å². The molecular formula is C19H11Cl2N3O2S. The number of hydrogen-bond donors (Lipinski definition) is 1. The number of halogens is 2. The Bertz CT molecular complexity index is 1090. The maximum atomic E-state index is 9.50. The van der Waals surface area contributed by atoms with Crippen molar-refractivity contribution in [1.29, 1.82) is 5.26 Å². The number of ether oxygens (including phenoxy) is 2. The van der Waals surface area contributed by atoms with Crippen molar-refractivity contribution >= 4 is 45.8 Å². The molecule has 3 aromatic rings. The SMILES string of the molecule is N#CC(=CNc1cccc(Cl)c1Cl)c1nc(-c2ccc3c(c2)OCO3)cs1. The summed E-state index contributed by atoms with van der Waals surface area (Å²) in [5, 5.41) is 15.8. The Morgan fingerprint density at radius 2 is 2.07 bits per heavy atom. The number of nitrogens with one attached hydrogen (secondary N) is 1. The van der Waals surface area contributed by atoms with Gasteiger partial charge in [-0.2, -0.15) is 5.26 Å². The third-order valence-corrected chi connectivity index (χ3v) is 5.54. The summed E-state index contributed by atoms with van der Waals surface area (Å²) in [6.45, 7) is 0.222. The van der Waals surface area contributed by atoms with Crippen LogP contribution in [-0.2, 0) is 0 Å². The molecule has 0 amide bonds. The molecule has 0 radical (unpaired) electrons. The van der Waals surface area contributed by atoms with Crippen LogP contribution >= 0.6 is 34.5 Å². The first-order valence-corrected chi connectivity index (χ1v) is 9.46. The molecular weight excluding hydrogens is 405 g/mol. The van der Waals surface area contributed by atoms with Gasteiger partial charge in [0.25, 0.3) is 0 Å². The van der Waals surface area contributed by atoms with Crippen molar-refractivity contribution in [2.45, 2.75) is 0 Å². The van der Waals surface area contributed by atoms with Gasteiger partial charge in [0.15, 0.2) is 11.5 Å². The molecule has 134 valence electrons. The number of hydrogen-bond acceptors (Lipinski definition) is 6. The lowest BCUT2D eigenvalue weighted by atomic mass is 10.1. The Labute approximate surface area is 169 Å². The van der Waals surface area contributed by atoms with Gasteiger partial charge in [0.1, 0.15) is 16.6 Å².